The van der Waals surface area contributed by atoms with Crippen molar-refractivity contribution in [3.05, 3.63) is 65.4 Å². The monoisotopic (exact) mass is 290 g/mol. The molecule has 0 saturated heterocycles. The van der Waals surface area contributed by atoms with Crippen LogP contribution < -0.4 is 4.74 Å². The molecule has 1 atom stereocenters. The number of hydrogen-bond donors (Lipinski definition) is 1. The van der Waals surface area contributed by atoms with Gasteiger partial charge in [0.2, 0.25) is 0 Å². The molecule has 0 bridgehead atoms. The maximum atomic E-state index is 13.7. The van der Waals surface area contributed by atoms with E-state index in [-0.39, 0.29) is 17.1 Å². The summed E-state index contributed by atoms with van der Waals surface area (Å²) in [7, 11) is 1.36. The Morgan fingerprint density at radius 2 is 1.90 bits per heavy atom. The summed E-state index contributed by atoms with van der Waals surface area (Å²) in [6.45, 7) is 0. The first-order valence-electron chi connectivity index (χ1n) is 6.29. The molecule has 5 heteroatoms. The van der Waals surface area contributed by atoms with Crippen LogP contribution in [0.4, 0.5) is 8.78 Å². The van der Waals surface area contributed by atoms with Gasteiger partial charge in [-0.05, 0) is 29.8 Å². The maximum Gasteiger partial charge on any atom is 0.170 e. The molecule has 0 saturated carbocycles. The van der Waals surface area contributed by atoms with Crippen LogP contribution in [0.25, 0.3) is 11.0 Å². The lowest BCUT2D eigenvalue weighted by atomic mass is 10.1. The SMILES string of the molecule is COc1ccc(C(O)c2cc3cccc(F)c3o2)cc1F. The largest absolute Gasteiger partial charge is 0.494 e. The summed E-state index contributed by atoms with van der Waals surface area (Å²) in [6.07, 6.45) is -1.18. The second-order valence-electron chi connectivity index (χ2n) is 4.60. The highest BCUT2D eigenvalue weighted by molar-refractivity contribution is 5.78. The first-order valence-corrected chi connectivity index (χ1v) is 6.29. The van der Waals surface area contributed by atoms with E-state index in [0.717, 1.165) is 6.07 Å². The smallest absolute Gasteiger partial charge is 0.170 e. The first-order chi connectivity index (χ1) is 10.1. The third-order valence-corrected chi connectivity index (χ3v) is 3.28. The van der Waals surface area contributed by atoms with E-state index in [1.54, 1.807) is 12.1 Å². The van der Waals surface area contributed by atoms with Crippen molar-refractivity contribution in [2.75, 3.05) is 7.11 Å². The molecular formula is C16H12F2O3. The number of methoxy groups -OCH3 is 1. The van der Waals surface area contributed by atoms with Gasteiger partial charge in [0.25, 0.3) is 0 Å². The fraction of sp³-hybridized carbons (Fsp3) is 0.125. The molecule has 2 aromatic carbocycles. The molecule has 0 fully saturated rings. The van der Waals surface area contributed by atoms with E-state index >= 15 is 0 Å². The summed E-state index contributed by atoms with van der Waals surface area (Å²) >= 11 is 0. The van der Waals surface area contributed by atoms with Crippen molar-refractivity contribution in [1.29, 1.82) is 0 Å². The Morgan fingerprint density at radius 1 is 1.10 bits per heavy atom. The van der Waals surface area contributed by atoms with Crippen molar-refractivity contribution in [3.8, 4) is 5.75 Å². The van der Waals surface area contributed by atoms with Crippen molar-refractivity contribution < 1.29 is 23.0 Å². The predicted octanol–water partition coefficient (Wildman–Crippen LogP) is 3.80. The maximum absolute atomic E-state index is 13.7. The number of fused-ring (bicyclic) bond motifs is 1. The van der Waals surface area contributed by atoms with E-state index in [2.05, 4.69) is 0 Å². The number of halogens is 2. The van der Waals surface area contributed by atoms with Gasteiger partial charge in [0.1, 0.15) is 11.9 Å². The molecule has 3 nitrogen and oxygen atoms in total. The zero-order valence-electron chi connectivity index (χ0n) is 11.1. The molecule has 0 amide bonds. The lowest BCUT2D eigenvalue weighted by Gasteiger charge is -2.09. The van der Waals surface area contributed by atoms with Crippen LogP contribution in [0.15, 0.2) is 46.9 Å². The molecule has 0 aliphatic rings. The Morgan fingerprint density at radius 3 is 2.57 bits per heavy atom. The van der Waals surface area contributed by atoms with Gasteiger partial charge in [-0.3, -0.25) is 0 Å². The Balaban J connectivity index is 2.01. The lowest BCUT2D eigenvalue weighted by Crippen LogP contribution is -1.99. The Labute approximate surface area is 119 Å². The number of furan rings is 1. The highest BCUT2D eigenvalue weighted by atomic mass is 19.1. The molecule has 1 heterocycles. The van der Waals surface area contributed by atoms with Gasteiger partial charge < -0.3 is 14.3 Å². The molecular weight excluding hydrogens is 278 g/mol. The molecule has 1 N–H and O–H groups in total. The number of para-hydroxylation sites is 1. The van der Waals surface area contributed by atoms with Crippen LogP contribution in [0.3, 0.4) is 0 Å². The topological polar surface area (TPSA) is 42.6 Å². The quantitative estimate of drug-likeness (QED) is 0.797. The van der Waals surface area contributed by atoms with Gasteiger partial charge in [-0.1, -0.05) is 18.2 Å². The van der Waals surface area contributed by atoms with Crippen molar-refractivity contribution in [2.45, 2.75) is 6.10 Å². The van der Waals surface area contributed by atoms with Crippen LogP contribution in [0.5, 0.6) is 5.75 Å². The van der Waals surface area contributed by atoms with Crippen LogP contribution in [-0.2, 0) is 0 Å². The molecule has 3 rings (SSSR count). The standard InChI is InChI=1S/C16H12F2O3/c1-20-13-6-5-9(7-12(13)18)15(19)14-8-10-3-2-4-11(17)16(10)21-14/h2-8,15,19H,1H3. The molecule has 1 unspecified atom stereocenters. The molecule has 21 heavy (non-hydrogen) atoms. The van der Waals surface area contributed by atoms with E-state index in [1.807, 2.05) is 0 Å². The summed E-state index contributed by atoms with van der Waals surface area (Å²) < 4.78 is 37.4. The Bertz CT molecular complexity index is 795. The fourth-order valence-electron chi connectivity index (χ4n) is 2.20. The van der Waals surface area contributed by atoms with Gasteiger partial charge in [-0.25, -0.2) is 8.78 Å². The molecule has 0 aliphatic carbocycles. The summed E-state index contributed by atoms with van der Waals surface area (Å²) in [5.41, 5.74) is 0.369. The van der Waals surface area contributed by atoms with E-state index < -0.39 is 17.7 Å². The average molecular weight is 290 g/mol. The Kier molecular flexibility index (Phi) is 3.35. The minimum atomic E-state index is -1.18. The highest BCUT2D eigenvalue weighted by Crippen LogP contribution is 2.31. The lowest BCUT2D eigenvalue weighted by molar-refractivity contribution is 0.191. The van der Waals surface area contributed by atoms with E-state index in [9.17, 15) is 13.9 Å². The van der Waals surface area contributed by atoms with Gasteiger partial charge in [-0.2, -0.15) is 0 Å². The van der Waals surface area contributed by atoms with Crippen LogP contribution in [0, 0.1) is 11.6 Å². The number of rotatable bonds is 3. The van der Waals surface area contributed by atoms with Gasteiger partial charge in [0.15, 0.2) is 23.0 Å². The number of ether oxygens (including phenoxy) is 1. The van der Waals surface area contributed by atoms with Gasteiger partial charge >= 0.3 is 0 Å². The summed E-state index contributed by atoms with van der Waals surface area (Å²) in [6, 6.07) is 10.1. The zero-order valence-corrected chi connectivity index (χ0v) is 11.1. The third-order valence-electron chi connectivity index (χ3n) is 3.28. The van der Waals surface area contributed by atoms with E-state index in [1.165, 1.54) is 31.4 Å². The van der Waals surface area contributed by atoms with Gasteiger partial charge in [0.05, 0.1) is 7.11 Å². The summed E-state index contributed by atoms with van der Waals surface area (Å²) in [5.74, 6) is -0.857. The number of aliphatic hydroxyl groups is 1. The number of hydrogen-bond acceptors (Lipinski definition) is 3. The van der Waals surface area contributed by atoms with Crippen molar-refractivity contribution in [3.63, 3.8) is 0 Å². The predicted molar refractivity (Wildman–Crippen MR) is 73.2 cm³/mol. The zero-order chi connectivity index (χ0) is 15.0. The van der Waals surface area contributed by atoms with E-state index in [4.69, 9.17) is 9.15 Å². The summed E-state index contributed by atoms with van der Waals surface area (Å²) in [5, 5.41) is 10.8. The van der Waals surface area contributed by atoms with Gasteiger partial charge in [0, 0.05) is 5.39 Å². The molecule has 108 valence electrons. The van der Waals surface area contributed by atoms with Crippen LogP contribution in [0.2, 0.25) is 0 Å². The van der Waals surface area contributed by atoms with E-state index in [0.29, 0.717) is 10.9 Å². The minimum Gasteiger partial charge on any atom is -0.494 e. The Hall–Kier alpha value is -2.40. The van der Waals surface area contributed by atoms with Crippen LogP contribution in [0.1, 0.15) is 17.4 Å². The second-order valence-corrected chi connectivity index (χ2v) is 4.60. The normalized spacial score (nSPS) is 12.6. The highest BCUT2D eigenvalue weighted by Gasteiger charge is 2.18. The van der Waals surface area contributed by atoms with Crippen LogP contribution >= 0.6 is 0 Å². The molecule has 1 aromatic heterocycles. The van der Waals surface area contributed by atoms with Crippen molar-refractivity contribution >= 4 is 11.0 Å². The van der Waals surface area contributed by atoms with Crippen molar-refractivity contribution in [2.24, 2.45) is 0 Å². The fourth-order valence-corrected chi connectivity index (χ4v) is 2.20. The average Bonchev–Trinajstić information content (AvgIpc) is 2.92. The minimum absolute atomic E-state index is 0.0699. The third kappa shape index (κ3) is 2.36. The number of aliphatic hydroxyl groups excluding tert-OH is 1. The van der Waals surface area contributed by atoms with Gasteiger partial charge in [-0.15, -0.1) is 0 Å². The number of benzene rings is 2. The second kappa shape index (κ2) is 5.18. The van der Waals surface area contributed by atoms with Crippen LogP contribution in [-0.4, -0.2) is 12.2 Å². The first kappa shape index (κ1) is 13.6. The molecule has 0 aliphatic heterocycles. The molecule has 3 aromatic rings. The summed E-state index contributed by atoms with van der Waals surface area (Å²) in [4.78, 5) is 0. The molecule has 0 radical (unpaired) electrons. The van der Waals surface area contributed by atoms with Crippen molar-refractivity contribution in [1.82, 2.24) is 0 Å². The molecule has 0 spiro atoms.